The minimum absolute atomic E-state index is 0.0804. The van der Waals surface area contributed by atoms with Crippen molar-refractivity contribution in [3.8, 4) is 17.6 Å². The van der Waals surface area contributed by atoms with Gasteiger partial charge in [-0.15, -0.1) is 0 Å². The molecule has 0 amide bonds. The third-order valence-corrected chi connectivity index (χ3v) is 11.5. The number of hydrogen-bond acceptors (Lipinski definition) is 9. The summed E-state index contributed by atoms with van der Waals surface area (Å²) in [4.78, 5) is 27.2. The van der Waals surface area contributed by atoms with E-state index in [1.54, 1.807) is 14.2 Å². The second-order valence-corrected chi connectivity index (χ2v) is 14.7. The van der Waals surface area contributed by atoms with Crippen molar-refractivity contribution in [3.05, 3.63) is 129 Å². The van der Waals surface area contributed by atoms with Crippen LogP contribution >= 0.6 is 8.30 Å². The Hall–Kier alpha value is -4.30. The standard InChI is InChI=1S/C39H47N4O7P/c1-27(2)43(28(3)4)51(24-10-22-40)50-34-25-37(42-23-21-36(44)41-38(42)45)49-35(34)26-48-39(29-11-8-7-9-12-29,30-13-17-32(46-5)18-14-30)31-15-19-33(47-6)20-16-31/h7-9,11-21,23,27-28,34-35,37H,10,24-26H2,1-6H3,(H,41,44,45)/t34-,35-,37-,51?/m1/s1. The van der Waals surface area contributed by atoms with E-state index in [1.165, 1.54) is 16.8 Å². The number of benzene rings is 3. The summed E-state index contributed by atoms with van der Waals surface area (Å²) >= 11 is 0. The van der Waals surface area contributed by atoms with Crippen LogP contribution in [0.2, 0.25) is 0 Å². The molecule has 1 saturated heterocycles. The van der Waals surface area contributed by atoms with E-state index in [0.29, 0.717) is 30.5 Å². The van der Waals surface area contributed by atoms with Gasteiger partial charge in [-0.1, -0.05) is 54.6 Å². The molecule has 3 aromatic carbocycles. The summed E-state index contributed by atoms with van der Waals surface area (Å²) in [7, 11) is 2.04. The number of nitriles is 1. The summed E-state index contributed by atoms with van der Waals surface area (Å²) in [6, 6.07) is 29.5. The Bertz CT molecular complexity index is 1800. The topological polar surface area (TPSA) is 128 Å². The Morgan fingerprint density at radius 3 is 1.98 bits per heavy atom. The molecule has 1 N–H and O–H groups in total. The van der Waals surface area contributed by atoms with Crippen LogP contribution in [0, 0.1) is 11.3 Å². The highest BCUT2D eigenvalue weighted by Crippen LogP contribution is 2.50. The lowest BCUT2D eigenvalue weighted by atomic mass is 9.80. The summed E-state index contributed by atoms with van der Waals surface area (Å²) in [6.45, 7) is 8.57. The molecular weight excluding hydrogens is 667 g/mol. The quantitative estimate of drug-likeness (QED) is 0.101. The van der Waals surface area contributed by atoms with E-state index < -0.39 is 43.6 Å². The van der Waals surface area contributed by atoms with Crippen LogP contribution < -0.4 is 20.7 Å². The van der Waals surface area contributed by atoms with Gasteiger partial charge in [0.05, 0.1) is 33.0 Å². The Labute approximate surface area is 300 Å². The van der Waals surface area contributed by atoms with Gasteiger partial charge >= 0.3 is 5.69 Å². The van der Waals surface area contributed by atoms with Crippen LogP contribution in [0.25, 0.3) is 0 Å². The normalized spacial score (nSPS) is 18.2. The van der Waals surface area contributed by atoms with Gasteiger partial charge in [0.15, 0.2) is 0 Å². The van der Waals surface area contributed by atoms with Crippen LogP contribution in [0.4, 0.5) is 0 Å². The fourth-order valence-corrected chi connectivity index (χ4v) is 9.00. The largest absolute Gasteiger partial charge is 0.497 e. The zero-order chi connectivity index (χ0) is 36.5. The Morgan fingerprint density at radius 1 is 0.902 bits per heavy atom. The maximum Gasteiger partial charge on any atom is 0.330 e. The molecule has 2 heterocycles. The van der Waals surface area contributed by atoms with Gasteiger partial charge in [0, 0.05) is 43.4 Å². The molecule has 0 bridgehead atoms. The molecule has 5 rings (SSSR count). The molecule has 1 aromatic heterocycles. The first kappa shape index (κ1) is 37.9. The average molecular weight is 715 g/mol. The average Bonchev–Trinajstić information content (AvgIpc) is 3.53. The fraction of sp³-hybridized carbons (Fsp3) is 0.410. The molecule has 51 heavy (non-hydrogen) atoms. The minimum atomic E-state index is -1.23. The second kappa shape index (κ2) is 17.3. The molecule has 1 fully saturated rings. The Kier molecular flexibility index (Phi) is 12.9. The van der Waals surface area contributed by atoms with Gasteiger partial charge in [-0.05, 0) is 68.7 Å². The number of nitrogens with zero attached hydrogens (tertiary/aromatic N) is 3. The summed E-state index contributed by atoms with van der Waals surface area (Å²) in [5.74, 6) is 1.42. The molecule has 0 saturated carbocycles. The molecule has 11 nitrogen and oxygen atoms in total. The SMILES string of the molecule is COc1ccc(C(OC[C@H]2O[C@@H](n3ccc(=O)[nH]c3=O)C[C@H]2OP(CCC#N)N(C(C)C)C(C)C)(c2ccccc2)c2ccc(OC)cc2)cc1. The first-order valence-electron chi connectivity index (χ1n) is 17.2. The van der Waals surface area contributed by atoms with E-state index in [9.17, 15) is 14.9 Å². The fourth-order valence-electron chi connectivity index (χ4n) is 6.70. The third-order valence-electron chi connectivity index (χ3n) is 8.97. The summed E-state index contributed by atoms with van der Waals surface area (Å²) in [5.41, 5.74) is 0.467. The number of aromatic amines is 1. The molecule has 1 aliphatic heterocycles. The van der Waals surface area contributed by atoms with Gasteiger partial charge in [-0.2, -0.15) is 5.26 Å². The van der Waals surface area contributed by atoms with Crippen molar-refractivity contribution in [3.63, 3.8) is 0 Å². The van der Waals surface area contributed by atoms with E-state index in [0.717, 1.165) is 16.7 Å². The number of methoxy groups -OCH3 is 2. The molecule has 4 atom stereocenters. The lowest BCUT2D eigenvalue weighted by Crippen LogP contribution is -2.39. The molecule has 4 aromatic rings. The molecule has 1 unspecified atom stereocenters. The van der Waals surface area contributed by atoms with Crippen LogP contribution in [0.15, 0.2) is 101 Å². The lowest BCUT2D eigenvalue weighted by molar-refractivity contribution is -0.0914. The summed E-state index contributed by atoms with van der Waals surface area (Å²) in [6.07, 6.45) is 0.828. The van der Waals surface area contributed by atoms with E-state index in [1.807, 2.05) is 78.9 Å². The summed E-state index contributed by atoms with van der Waals surface area (Å²) in [5, 5.41) is 9.55. The minimum Gasteiger partial charge on any atom is -0.497 e. The van der Waals surface area contributed by atoms with Crippen LogP contribution in [-0.2, 0) is 19.6 Å². The zero-order valence-corrected chi connectivity index (χ0v) is 30.9. The van der Waals surface area contributed by atoms with Crippen LogP contribution in [0.1, 0.15) is 63.5 Å². The second-order valence-electron chi connectivity index (χ2n) is 12.9. The molecular formula is C39H47N4O7P. The zero-order valence-electron chi connectivity index (χ0n) is 30.0. The van der Waals surface area contributed by atoms with Crippen LogP contribution in [-0.4, -0.2) is 65.5 Å². The molecule has 1 aliphatic rings. The number of ether oxygens (including phenoxy) is 4. The highest BCUT2D eigenvalue weighted by Gasteiger charge is 2.44. The highest BCUT2D eigenvalue weighted by atomic mass is 31.2. The molecule has 270 valence electrons. The number of H-pyrrole nitrogens is 1. The smallest absolute Gasteiger partial charge is 0.330 e. The molecule has 0 radical (unpaired) electrons. The van der Waals surface area contributed by atoms with E-state index in [-0.39, 0.29) is 18.7 Å². The van der Waals surface area contributed by atoms with Gasteiger partial charge in [-0.25, -0.2) is 4.79 Å². The molecule has 12 heteroatoms. The number of aromatic nitrogens is 2. The van der Waals surface area contributed by atoms with Crippen LogP contribution in [0.5, 0.6) is 11.5 Å². The number of nitrogens with one attached hydrogen (secondary N) is 1. The lowest BCUT2D eigenvalue weighted by Gasteiger charge is -2.40. The highest BCUT2D eigenvalue weighted by molar-refractivity contribution is 7.50. The van der Waals surface area contributed by atoms with Crippen molar-refractivity contribution in [2.24, 2.45) is 0 Å². The predicted molar refractivity (Wildman–Crippen MR) is 197 cm³/mol. The molecule has 0 spiro atoms. The van der Waals surface area contributed by atoms with Crippen molar-refractivity contribution < 1.29 is 23.5 Å². The van der Waals surface area contributed by atoms with Gasteiger partial charge in [0.25, 0.3) is 5.56 Å². The van der Waals surface area contributed by atoms with E-state index in [2.05, 4.69) is 43.4 Å². The van der Waals surface area contributed by atoms with Crippen molar-refractivity contribution in [2.45, 2.75) is 76.7 Å². The van der Waals surface area contributed by atoms with Gasteiger partial charge in [0.1, 0.15) is 37.7 Å². The maximum atomic E-state index is 13.0. The first-order valence-corrected chi connectivity index (χ1v) is 18.6. The molecule has 0 aliphatic carbocycles. The van der Waals surface area contributed by atoms with Gasteiger partial charge in [0.2, 0.25) is 0 Å². The predicted octanol–water partition coefficient (Wildman–Crippen LogP) is 6.58. The van der Waals surface area contributed by atoms with Crippen molar-refractivity contribution >= 4 is 8.30 Å². The Balaban J connectivity index is 1.59. The number of rotatable bonds is 16. The van der Waals surface area contributed by atoms with E-state index >= 15 is 0 Å². The number of hydrogen-bond donors (Lipinski definition) is 1. The van der Waals surface area contributed by atoms with Gasteiger partial charge in [-0.3, -0.25) is 19.0 Å². The monoisotopic (exact) mass is 714 g/mol. The van der Waals surface area contributed by atoms with Crippen LogP contribution in [0.3, 0.4) is 0 Å². The third kappa shape index (κ3) is 8.61. The Morgan fingerprint density at radius 2 is 1.47 bits per heavy atom. The van der Waals surface area contributed by atoms with Gasteiger partial charge < -0.3 is 23.5 Å². The van der Waals surface area contributed by atoms with Crippen molar-refractivity contribution in [1.82, 2.24) is 14.2 Å². The first-order chi connectivity index (χ1) is 24.6. The van der Waals surface area contributed by atoms with E-state index in [4.69, 9.17) is 23.5 Å². The van der Waals surface area contributed by atoms with Crippen molar-refractivity contribution in [2.75, 3.05) is 27.0 Å². The summed E-state index contributed by atoms with van der Waals surface area (Å²) < 4.78 is 35.5. The van der Waals surface area contributed by atoms with Crippen molar-refractivity contribution in [1.29, 1.82) is 5.26 Å². The maximum absolute atomic E-state index is 13.0.